The molecule has 208 valence electrons. The normalized spacial score (nSPS) is 17.2. The third kappa shape index (κ3) is 11.6. The van der Waals surface area contributed by atoms with E-state index in [9.17, 15) is 62.2 Å². The van der Waals surface area contributed by atoms with E-state index < -0.39 is 73.3 Å². The van der Waals surface area contributed by atoms with E-state index in [0.29, 0.717) is 4.48 Å². The highest BCUT2D eigenvalue weighted by molar-refractivity contribution is 7.99. The Labute approximate surface area is 198 Å². The number of alkyl halides is 13. The molecule has 0 amide bonds. The maximum Gasteiger partial charge on any atom is 0.431 e. The maximum absolute atomic E-state index is 13.8. The summed E-state index contributed by atoms with van der Waals surface area (Å²) < 4.78 is 169. The van der Waals surface area contributed by atoms with E-state index in [1.807, 2.05) is 0 Å². The third-order valence-corrected chi connectivity index (χ3v) is 5.75. The van der Waals surface area contributed by atoms with E-state index in [1.54, 1.807) is 21.1 Å². The Bertz CT molecular complexity index is 585. The summed E-state index contributed by atoms with van der Waals surface area (Å²) in [6, 6.07) is 0. The minimum Gasteiger partial charge on any atom is -1.00 e. The Morgan fingerprint density at radius 1 is 0.735 bits per heavy atom. The number of quaternary nitrogens is 1. The summed E-state index contributed by atoms with van der Waals surface area (Å²) in [6.45, 7) is 0.194. The summed E-state index contributed by atoms with van der Waals surface area (Å²) in [5.41, 5.74) is -6.33. The van der Waals surface area contributed by atoms with Gasteiger partial charge in [-0.05, 0) is 18.6 Å². The van der Waals surface area contributed by atoms with Crippen LogP contribution in [0.2, 0.25) is 0 Å². The molecule has 0 saturated heterocycles. The largest absolute Gasteiger partial charge is 1.00 e. The van der Waals surface area contributed by atoms with Crippen LogP contribution in [0.4, 0.5) is 57.1 Å². The van der Waals surface area contributed by atoms with Crippen LogP contribution in [0.15, 0.2) is 0 Å². The van der Waals surface area contributed by atoms with E-state index in [2.05, 4.69) is 0 Å². The highest BCUT2D eigenvalue weighted by atomic mass is 35.5. The van der Waals surface area contributed by atoms with Crippen LogP contribution in [-0.2, 0) is 0 Å². The monoisotopic (exact) mass is 573 g/mol. The van der Waals surface area contributed by atoms with Gasteiger partial charge in [-0.2, -0.15) is 64.4 Å². The second-order valence-electron chi connectivity index (χ2n) is 8.70. The third-order valence-electron chi connectivity index (χ3n) is 4.60. The minimum absolute atomic E-state index is 0. The summed E-state index contributed by atoms with van der Waals surface area (Å²) in [4.78, 5) is 0. The first-order valence-corrected chi connectivity index (χ1v) is 10.5. The van der Waals surface area contributed by atoms with E-state index in [1.165, 1.54) is 0 Å². The van der Waals surface area contributed by atoms with Crippen molar-refractivity contribution in [1.82, 2.24) is 0 Å². The van der Waals surface area contributed by atoms with Gasteiger partial charge in [0.15, 0.2) is 0 Å². The molecule has 0 radical (unpaired) electrons. The predicted molar refractivity (Wildman–Crippen MR) is 95.1 cm³/mol. The lowest BCUT2D eigenvalue weighted by molar-refractivity contribution is -0.873. The molecule has 0 aromatic rings. The predicted octanol–water partition coefficient (Wildman–Crippen LogP) is 3.15. The lowest BCUT2D eigenvalue weighted by atomic mass is 9.83. The van der Waals surface area contributed by atoms with Crippen molar-refractivity contribution in [1.29, 1.82) is 0 Å². The lowest BCUT2D eigenvalue weighted by Crippen LogP contribution is -3.00. The van der Waals surface area contributed by atoms with Crippen molar-refractivity contribution < 1.29 is 79.1 Å². The number of aliphatic hydroxyl groups excluding tert-OH is 1. The number of nitrogens with zero attached hydrogens (tertiary/aromatic N) is 1. The highest BCUT2D eigenvalue weighted by Crippen LogP contribution is 2.53. The molecule has 0 aromatic heterocycles. The van der Waals surface area contributed by atoms with Gasteiger partial charge in [0, 0.05) is 12.2 Å². The van der Waals surface area contributed by atoms with Crippen LogP contribution in [0.1, 0.15) is 19.3 Å². The average molecular weight is 574 g/mol. The van der Waals surface area contributed by atoms with E-state index in [-0.39, 0.29) is 24.7 Å². The summed E-state index contributed by atoms with van der Waals surface area (Å²) in [7, 11) is 5.12. The number of hydrogen-bond donors (Lipinski definition) is 1. The molecule has 0 spiro atoms. The molecule has 0 aliphatic heterocycles. The zero-order valence-corrected chi connectivity index (χ0v) is 19.6. The van der Waals surface area contributed by atoms with Gasteiger partial charge >= 0.3 is 24.7 Å². The summed E-state index contributed by atoms with van der Waals surface area (Å²) >= 11 is 0.727. The molecule has 0 aliphatic rings. The maximum atomic E-state index is 13.8. The van der Waals surface area contributed by atoms with Crippen LogP contribution in [0.25, 0.3) is 0 Å². The van der Waals surface area contributed by atoms with Gasteiger partial charge in [0.25, 0.3) is 5.67 Å². The van der Waals surface area contributed by atoms with Gasteiger partial charge in [0.2, 0.25) is 0 Å². The average Bonchev–Trinajstić information content (AvgIpc) is 2.50. The van der Waals surface area contributed by atoms with E-state index >= 15 is 0 Å². The second-order valence-corrected chi connectivity index (χ2v) is 9.85. The molecule has 1 N–H and O–H groups in total. The topological polar surface area (TPSA) is 20.2 Å². The fourth-order valence-electron chi connectivity index (χ4n) is 2.95. The molecule has 0 bridgehead atoms. The Morgan fingerprint density at radius 2 is 1.15 bits per heavy atom. The van der Waals surface area contributed by atoms with Crippen LogP contribution in [0.3, 0.4) is 0 Å². The quantitative estimate of drug-likeness (QED) is 0.233. The highest BCUT2D eigenvalue weighted by Gasteiger charge is 2.74. The van der Waals surface area contributed by atoms with Gasteiger partial charge in [-0.1, -0.05) is 0 Å². The Balaban J connectivity index is 0. The molecule has 34 heavy (non-hydrogen) atoms. The van der Waals surface area contributed by atoms with Crippen molar-refractivity contribution >= 4 is 11.8 Å². The van der Waals surface area contributed by atoms with E-state index in [0.717, 1.165) is 11.8 Å². The first kappa shape index (κ1) is 35.8. The van der Waals surface area contributed by atoms with Crippen molar-refractivity contribution in [3.8, 4) is 0 Å². The molecule has 0 aliphatic carbocycles. The van der Waals surface area contributed by atoms with Gasteiger partial charge < -0.3 is 22.0 Å². The molecule has 0 heterocycles. The second kappa shape index (κ2) is 12.3. The molecule has 0 aromatic carbocycles. The van der Waals surface area contributed by atoms with Crippen molar-refractivity contribution in [2.75, 3.05) is 39.2 Å². The number of halogens is 14. The summed E-state index contributed by atoms with van der Waals surface area (Å²) in [5.74, 6) is -7.37. The SMILES string of the molecule is C[N+](C)(C)CC(O)CSCCC(CC(CC(F)(C(F)(F)F)C(F)(F)F)C(F)(F)F)C(F)(F)F.[Cl-]. The first-order valence-electron chi connectivity index (χ1n) is 9.33. The van der Waals surface area contributed by atoms with Gasteiger partial charge in [-0.3, -0.25) is 0 Å². The first-order chi connectivity index (χ1) is 14.3. The smallest absolute Gasteiger partial charge is 0.431 e. The standard InChI is InChI=1S/C17H25F13NOS.ClH/c1-31(2,3)8-12(32)9-33-5-4-10(14(19,20)21)6-11(15(22,23)24)7-13(18,16(25,26)27)17(28,29)30;/h10-12,32H,4-9H2,1-3H3;1H/q+1;/p-1. The molecule has 2 nitrogen and oxygen atoms in total. The van der Waals surface area contributed by atoms with Gasteiger partial charge in [-0.15, -0.1) is 0 Å². The van der Waals surface area contributed by atoms with Gasteiger partial charge in [-0.25, -0.2) is 4.39 Å². The molecule has 0 saturated carbocycles. The zero-order valence-electron chi connectivity index (χ0n) is 18.1. The number of hydrogen-bond acceptors (Lipinski definition) is 2. The van der Waals surface area contributed by atoms with Crippen molar-refractivity contribution in [2.24, 2.45) is 11.8 Å². The number of aliphatic hydroxyl groups is 1. The van der Waals surface area contributed by atoms with Crippen molar-refractivity contribution in [3.63, 3.8) is 0 Å². The lowest BCUT2D eigenvalue weighted by Gasteiger charge is -2.35. The molecule has 3 unspecified atom stereocenters. The molecule has 0 fully saturated rings. The fraction of sp³-hybridized carbons (Fsp3) is 1.00. The number of rotatable bonds is 11. The van der Waals surface area contributed by atoms with Crippen LogP contribution in [0, 0.1) is 11.8 Å². The van der Waals surface area contributed by atoms with Crippen LogP contribution in [0.5, 0.6) is 0 Å². The zero-order chi connectivity index (χ0) is 26.7. The van der Waals surface area contributed by atoms with Crippen LogP contribution < -0.4 is 12.4 Å². The van der Waals surface area contributed by atoms with Crippen molar-refractivity contribution in [3.05, 3.63) is 0 Å². The number of likely N-dealkylation sites (N-methyl/N-ethyl adjacent to an activating group) is 1. The van der Waals surface area contributed by atoms with Crippen molar-refractivity contribution in [2.45, 2.75) is 55.7 Å². The van der Waals surface area contributed by atoms with Gasteiger partial charge in [0.05, 0.1) is 33.0 Å². The Kier molecular flexibility index (Phi) is 12.9. The molecule has 0 rings (SSSR count). The molecule has 17 heteroatoms. The van der Waals surface area contributed by atoms with Gasteiger partial charge in [0.1, 0.15) is 12.6 Å². The van der Waals surface area contributed by atoms with Crippen LogP contribution >= 0.6 is 11.8 Å². The fourth-order valence-corrected chi connectivity index (χ4v) is 3.95. The van der Waals surface area contributed by atoms with Crippen LogP contribution in [-0.4, -0.2) is 85.3 Å². The molecular weight excluding hydrogens is 549 g/mol. The summed E-state index contributed by atoms with van der Waals surface area (Å²) in [5, 5.41) is 9.78. The van der Waals surface area contributed by atoms with E-state index in [4.69, 9.17) is 0 Å². The molecule has 3 atom stereocenters. The molecular formula is C17H25ClF13NOS. The Hall–Kier alpha value is -0.350. The summed E-state index contributed by atoms with van der Waals surface area (Å²) in [6.07, 6.45) is -32.5. The Morgan fingerprint density at radius 3 is 1.47 bits per heavy atom. The number of thioether (sulfide) groups is 1. The minimum atomic E-state index is -6.82.